The number of nitrogens with one attached hydrogen (secondary N) is 2. The second-order valence-electron chi connectivity index (χ2n) is 6.45. The third kappa shape index (κ3) is 5.14. The van der Waals surface area contributed by atoms with Crippen LogP contribution in [0.15, 0.2) is 46.8 Å². The third-order valence-corrected chi connectivity index (χ3v) is 5.67. The molecule has 2 heterocycles. The topological polar surface area (TPSA) is 48.9 Å². The van der Waals surface area contributed by atoms with Gasteiger partial charge in [0.15, 0.2) is 5.96 Å². The van der Waals surface area contributed by atoms with E-state index in [1.165, 1.54) is 10.6 Å². The minimum Gasteiger partial charge on any atom is -0.497 e. The zero-order chi connectivity index (χ0) is 18.2. The van der Waals surface area contributed by atoms with E-state index in [9.17, 15) is 0 Å². The Morgan fingerprint density at radius 1 is 1.23 bits per heavy atom. The number of thiophene rings is 1. The smallest absolute Gasteiger partial charge is 0.191 e. The summed E-state index contributed by atoms with van der Waals surface area (Å²) in [6.07, 6.45) is 3.23. The van der Waals surface area contributed by atoms with E-state index in [0.717, 1.165) is 50.6 Å². The van der Waals surface area contributed by atoms with Gasteiger partial charge in [0.1, 0.15) is 5.75 Å². The lowest BCUT2D eigenvalue weighted by atomic mass is 10.1. The molecule has 0 spiro atoms. The van der Waals surface area contributed by atoms with Gasteiger partial charge in [0, 0.05) is 32.7 Å². The number of anilines is 1. The van der Waals surface area contributed by atoms with Crippen LogP contribution in [0.4, 0.5) is 5.00 Å². The zero-order valence-electron chi connectivity index (χ0n) is 15.6. The number of hydrogen-bond acceptors (Lipinski definition) is 4. The van der Waals surface area contributed by atoms with Crippen LogP contribution in [-0.2, 0) is 6.42 Å². The highest BCUT2D eigenvalue weighted by molar-refractivity contribution is 7.14. The van der Waals surface area contributed by atoms with Gasteiger partial charge in [0.25, 0.3) is 0 Å². The van der Waals surface area contributed by atoms with Gasteiger partial charge in [-0.15, -0.1) is 11.3 Å². The van der Waals surface area contributed by atoms with Gasteiger partial charge >= 0.3 is 0 Å². The monoisotopic (exact) mass is 372 g/mol. The number of piperidine rings is 1. The standard InChI is InChI=1S/C20H28N4OS/c1-21-20(22-12-9-16-5-7-18(25-2)8-6-16)23-17-10-13-24(14-11-17)19-4-3-15-26-19/h3-8,15,17H,9-14H2,1-2H3,(H2,21,22,23). The van der Waals surface area contributed by atoms with Crippen molar-refractivity contribution < 1.29 is 4.74 Å². The zero-order valence-corrected chi connectivity index (χ0v) is 16.4. The fourth-order valence-electron chi connectivity index (χ4n) is 3.20. The predicted molar refractivity (Wildman–Crippen MR) is 111 cm³/mol. The number of aliphatic imine (C=N–C) groups is 1. The van der Waals surface area contributed by atoms with E-state index in [-0.39, 0.29) is 0 Å². The van der Waals surface area contributed by atoms with Gasteiger partial charge in [0.2, 0.25) is 0 Å². The lowest BCUT2D eigenvalue weighted by molar-refractivity contribution is 0.414. The Balaban J connectivity index is 1.39. The molecule has 0 radical (unpaired) electrons. The molecule has 0 saturated carbocycles. The average molecular weight is 373 g/mol. The fraction of sp³-hybridized carbons (Fsp3) is 0.450. The summed E-state index contributed by atoms with van der Waals surface area (Å²) in [5.41, 5.74) is 1.29. The maximum absolute atomic E-state index is 5.20. The van der Waals surface area contributed by atoms with E-state index in [2.05, 4.69) is 50.2 Å². The number of nitrogens with zero attached hydrogens (tertiary/aromatic N) is 2. The molecule has 0 aliphatic carbocycles. The summed E-state index contributed by atoms with van der Waals surface area (Å²) in [6.45, 7) is 3.06. The number of rotatable bonds is 6. The van der Waals surface area contributed by atoms with Gasteiger partial charge in [-0.05, 0) is 54.5 Å². The Kier molecular flexibility index (Phi) is 6.77. The van der Waals surface area contributed by atoms with Crippen LogP contribution in [0.2, 0.25) is 0 Å². The van der Waals surface area contributed by atoms with Gasteiger partial charge in [-0.25, -0.2) is 0 Å². The Morgan fingerprint density at radius 2 is 2.00 bits per heavy atom. The van der Waals surface area contributed by atoms with Crippen molar-refractivity contribution in [1.82, 2.24) is 10.6 Å². The molecule has 1 aromatic carbocycles. The third-order valence-electron chi connectivity index (χ3n) is 4.74. The van der Waals surface area contributed by atoms with Crippen molar-refractivity contribution in [3.63, 3.8) is 0 Å². The van der Waals surface area contributed by atoms with E-state index in [0.29, 0.717) is 6.04 Å². The molecule has 0 bridgehead atoms. The van der Waals surface area contributed by atoms with Gasteiger partial charge in [-0.1, -0.05) is 12.1 Å². The first-order chi connectivity index (χ1) is 12.8. The first-order valence-corrected chi connectivity index (χ1v) is 10.0. The van der Waals surface area contributed by atoms with E-state index in [1.54, 1.807) is 7.11 Å². The molecule has 26 heavy (non-hydrogen) atoms. The number of methoxy groups -OCH3 is 1. The average Bonchev–Trinajstić information content (AvgIpc) is 3.23. The molecule has 1 saturated heterocycles. The minimum atomic E-state index is 0.485. The number of ether oxygens (including phenoxy) is 1. The lowest BCUT2D eigenvalue weighted by Crippen LogP contribution is -2.49. The van der Waals surface area contributed by atoms with Gasteiger partial charge in [-0.3, -0.25) is 4.99 Å². The molecule has 1 aliphatic heterocycles. The van der Waals surface area contributed by atoms with Crippen LogP contribution in [0.1, 0.15) is 18.4 Å². The highest BCUT2D eigenvalue weighted by Crippen LogP contribution is 2.24. The minimum absolute atomic E-state index is 0.485. The Bertz CT molecular complexity index is 676. The van der Waals surface area contributed by atoms with Gasteiger partial charge in [-0.2, -0.15) is 0 Å². The van der Waals surface area contributed by atoms with E-state index < -0.39 is 0 Å². The van der Waals surface area contributed by atoms with Crippen molar-refractivity contribution in [2.45, 2.75) is 25.3 Å². The molecule has 0 unspecified atom stereocenters. The van der Waals surface area contributed by atoms with Crippen molar-refractivity contribution in [1.29, 1.82) is 0 Å². The SMILES string of the molecule is CN=C(NCCc1ccc(OC)cc1)NC1CCN(c2cccs2)CC1. The van der Waals surface area contributed by atoms with Crippen molar-refractivity contribution >= 4 is 22.3 Å². The molecule has 5 nitrogen and oxygen atoms in total. The maximum Gasteiger partial charge on any atom is 0.191 e. The van der Waals surface area contributed by atoms with Crippen molar-refractivity contribution in [2.75, 3.05) is 38.7 Å². The van der Waals surface area contributed by atoms with Crippen LogP contribution in [0.5, 0.6) is 5.75 Å². The molecule has 0 atom stereocenters. The fourth-order valence-corrected chi connectivity index (χ4v) is 3.98. The van der Waals surface area contributed by atoms with Crippen molar-refractivity contribution in [2.24, 2.45) is 4.99 Å². The highest BCUT2D eigenvalue weighted by Gasteiger charge is 2.20. The van der Waals surface area contributed by atoms with Crippen LogP contribution in [0.3, 0.4) is 0 Å². The molecule has 1 fully saturated rings. The largest absolute Gasteiger partial charge is 0.497 e. The first kappa shape index (κ1) is 18.6. The van der Waals surface area contributed by atoms with Crippen LogP contribution < -0.4 is 20.3 Å². The first-order valence-electron chi connectivity index (χ1n) is 9.17. The molecule has 0 amide bonds. The summed E-state index contributed by atoms with van der Waals surface area (Å²) >= 11 is 1.82. The molecule has 6 heteroatoms. The molecule has 2 aromatic rings. The number of benzene rings is 1. The summed E-state index contributed by atoms with van der Waals surface area (Å²) in [6, 6.07) is 13.0. The van der Waals surface area contributed by atoms with Crippen molar-refractivity contribution in [3.8, 4) is 5.75 Å². The predicted octanol–water partition coefficient (Wildman–Crippen LogP) is 3.13. The molecule has 1 aromatic heterocycles. The van der Waals surface area contributed by atoms with E-state index in [1.807, 2.05) is 30.5 Å². The van der Waals surface area contributed by atoms with Crippen LogP contribution in [0.25, 0.3) is 0 Å². The molecular weight excluding hydrogens is 344 g/mol. The maximum atomic E-state index is 5.20. The molecule has 140 valence electrons. The highest BCUT2D eigenvalue weighted by atomic mass is 32.1. The Labute approximate surface area is 160 Å². The van der Waals surface area contributed by atoms with E-state index >= 15 is 0 Å². The van der Waals surface area contributed by atoms with Crippen LogP contribution in [-0.4, -0.2) is 45.8 Å². The molecular formula is C20H28N4OS. The summed E-state index contributed by atoms with van der Waals surface area (Å²) in [5.74, 6) is 1.79. The van der Waals surface area contributed by atoms with Crippen molar-refractivity contribution in [3.05, 3.63) is 47.3 Å². The summed E-state index contributed by atoms with van der Waals surface area (Å²) in [7, 11) is 3.53. The van der Waals surface area contributed by atoms with Gasteiger partial charge < -0.3 is 20.3 Å². The quantitative estimate of drug-likeness (QED) is 0.604. The second kappa shape index (κ2) is 9.48. The molecule has 2 N–H and O–H groups in total. The van der Waals surface area contributed by atoms with Gasteiger partial charge in [0.05, 0.1) is 12.1 Å². The Morgan fingerprint density at radius 3 is 2.62 bits per heavy atom. The lowest BCUT2D eigenvalue weighted by Gasteiger charge is -2.33. The molecule has 1 aliphatic rings. The Hall–Kier alpha value is -2.21. The molecule has 3 rings (SSSR count). The summed E-state index contributed by atoms with van der Waals surface area (Å²) in [5, 5.41) is 10.5. The summed E-state index contributed by atoms with van der Waals surface area (Å²) in [4.78, 5) is 6.85. The number of hydrogen-bond donors (Lipinski definition) is 2. The van der Waals surface area contributed by atoms with Crippen LogP contribution in [0, 0.1) is 0 Å². The van der Waals surface area contributed by atoms with E-state index in [4.69, 9.17) is 4.74 Å². The summed E-state index contributed by atoms with van der Waals surface area (Å²) < 4.78 is 5.20. The normalized spacial score (nSPS) is 15.8. The van der Waals surface area contributed by atoms with Crippen LogP contribution >= 0.6 is 11.3 Å². The number of guanidine groups is 1. The second-order valence-corrected chi connectivity index (χ2v) is 7.38.